The van der Waals surface area contributed by atoms with E-state index in [1.807, 2.05) is 33.8 Å². The van der Waals surface area contributed by atoms with Crippen molar-refractivity contribution in [2.24, 2.45) is 0 Å². The average molecular weight is 273 g/mol. The second-order valence-corrected chi connectivity index (χ2v) is 5.34. The maximum atomic E-state index is 14.3. The average Bonchev–Trinajstić information content (AvgIpc) is 2.37. The van der Waals surface area contributed by atoms with Crippen LogP contribution in [0.4, 0.5) is 10.2 Å². The molecule has 106 valence electrons. The van der Waals surface area contributed by atoms with Crippen LogP contribution < -0.4 is 5.32 Å². The Kier molecular flexibility index (Phi) is 4.02. The van der Waals surface area contributed by atoms with Crippen LogP contribution in [0.3, 0.4) is 0 Å². The molecular weight excluding hydrogens is 253 g/mol. The number of hydrogen-bond donors (Lipinski definition) is 1. The van der Waals surface area contributed by atoms with Crippen molar-refractivity contribution < 1.29 is 4.39 Å². The van der Waals surface area contributed by atoms with Gasteiger partial charge in [-0.3, -0.25) is 0 Å². The molecule has 2 rings (SSSR count). The zero-order chi connectivity index (χ0) is 14.9. The summed E-state index contributed by atoms with van der Waals surface area (Å²) in [6.45, 7) is 7.84. The Hall–Kier alpha value is -1.97. The fourth-order valence-electron chi connectivity index (χ4n) is 2.22. The number of hydrogen-bond acceptors (Lipinski definition) is 3. The highest BCUT2D eigenvalue weighted by Crippen LogP contribution is 2.28. The normalized spacial score (nSPS) is 10.9. The molecule has 0 unspecified atom stereocenters. The maximum absolute atomic E-state index is 14.3. The van der Waals surface area contributed by atoms with E-state index in [1.54, 1.807) is 19.2 Å². The van der Waals surface area contributed by atoms with Gasteiger partial charge < -0.3 is 5.32 Å². The van der Waals surface area contributed by atoms with Gasteiger partial charge in [-0.2, -0.15) is 0 Å². The number of nitrogens with zero attached hydrogens (tertiary/aromatic N) is 2. The van der Waals surface area contributed by atoms with Gasteiger partial charge in [0, 0.05) is 24.6 Å². The molecule has 0 atom stereocenters. The molecule has 0 saturated carbocycles. The molecule has 1 N–H and O–H groups in total. The van der Waals surface area contributed by atoms with E-state index in [0.29, 0.717) is 22.9 Å². The summed E-state index contributed by atoms with van der Waals surface area (Å²) in [7, 11) is 1.80. The molecule has 1 aromatic carbocycles. The fraction of sp³-hybridized carbons (Fsp3) is 0.375. The lowest BCUT2D eigenvalue weighted by molar-refractivity contribution is 0.628. The van der Waals surface area contributed by atoms with Crippen molar-refractivity contribution in [3.05, 3.63) is 41.0 Å². The highest BCUT2D eigenvalue weighted by atomic mass is 19.1. The van der Waals surface area contributed by atoms with Gasteiger partial charge >= 0.3 is 0 Å². The minimum Gasteiger partial charge on any atom is -0.373 e. The van der Waals surface area contributed by atoms with Crippen molar-refractivity contribution in [3.63, 3.8) is 0 Å². The van der Waals surface area contributed by atoms with E-state index in [2.05, 4.69) is 15.3 Å². The molecule has 4 heteroatoms. The predicted octanol–water partition coefficient (Wildman–Crippen LogP) is 4.06. The van der Waals surface area contributed by atoms with E-state index in [0.717, 1.165) is 11.1 Å². The Labute approximate surface area is 119 Å². The molecule has 0 fully saturated rings. The molecule has 0 bridgehead atoms. The van der Waals surface area contributed by atoms with Crippen LogP contribution in [0.5, 0.6) is 0 Å². The third-order valence-corrected chi connectivity index (χ3v) is 3.20. The van der Waals surface area contributed by atoms with Crippen molar-refractivity contribution in [2.75, 3.05) is 12.4 Å². The standard InChI is InChI=1S/C16H20FN3/c1-9(2)16-19-13(8-14(18-5)20-16)15-11(4)6-10(3)7-12(15)17/h6-9H,1-5H3,(H,18,19,20). The van der Waals surface area contributed by atoms with Crippen molar-refractivity contribution in [3.8, 4) is 11.3 Å². The molecule has 0 radical (unpaired) electrons. The number of rotatable bonds is 3. The SMILES string of the molecule is CNc1cc(-c2c(C)cc(C)cc2F)nc(C(C)C)n1. The summed E-state index contributed by atoms with van der Waals surface area (Å²) >= 11 is 0. The molecule has 1 aromatic heterocycles. The van der Waals surface area contributed by atoms with Gasteiger partial charge in [0.1, 0.15) is 17.5 Å². The first-order chi connectivity index (χ1) is 9.42. The van der Waals surface area contributed by atoms with Crippen LogP contribution in [-0.2, 0) is 0 Å². The third-order valence-electron chi connectivity index (χ3n) is 3.20. The van der Waals surface area contributed by atoms with Gasteiger partial charge in [0.15, 0.2) is 0 Å². The molecule has 2 aromatic rings. The number of halogens is 1. The Balaban J connectivity index is 2.66. The molecule has 0 saturated heterocycles. The smallest absolute Gasteiger partial charge is 0.133 e. The quantitative estimate of drug-likeness (QED) is 0.916. The second kappa shape index (κ2) is 5.57. The van der Waals surface area contributed by atoms with Crippen LogP contribution in [0.25, 0.3) is 11.3 Å². The van der Waals surface area contributed by atoms with Crippen LogP contribution in [0.15, 0.2) is 18.2 Å². The van der Waals surface area contributed by atoms with Crippen LogP contribution in [-0.4, -0.2) is 17.0 Å². The number of nitrogens with one attached hydrogen (secondary N) is 1. The Morgan fingerprint density at radius 3 is 2.35 bits per heavy atom. The van der Waals surface area contributed by atoms with Gasteiger partial charge in [-0.05, 0) is 31.0 Å². The summed E-state index contributed by atoms with van der Waals surface area (Å²) in [6, 6.07) is 5.29. The molecule has 0 amide bonds. The lowest BCUT2D eigenvalue weighted by Gasteiger charge is -2.13. The number of aromatic nitrogens is 2. The van der Waals surface area contributed by atoms with Crippen LogP contribution in [0.2, 0.25) is 0 Å². The fourth-order valence-corrected chi connectivity index (χ4v) is 2.22. The van der Waals surface area contributed by atoms with Gasteiger partial charge in [0.2, 0.25) is 0 Å². The zero-order valence-corrected chi connectivity index (χ0v) is 12.6. The highest BCUT2D eigenvalue weighted by molar-refractivity contribution is 5.67. The molecule has 0 aliphatic heterocycles. The van der Waals surface area contributed by atoms with E-state index < -0.39 is 0 Å². The maximum Gasteiger partial charge on any atom is 0.133 e. The molecule has 0 spiro atoms. The summed E-state index contributed by atoms with van der Waals surface area (Å²) in [6.07, 6.45) is 0. The van der Waals surface area contributed by atoms with Crippen molar-refractivity contribution >= 4 is 5.82 Å². The molecule has 0 aliphatic carbocycles. The monoisotopic (exact) mass is 273 g/mol. The van der Waals surface area contributed by atoms with Gasteiger partial charge in [0.05, 0.1) is 5.69 Å². The van der Waals surface area contributed by atoms with Crippen molar-refractivity contribution in [1.82, 2.24) is 9.97 Å². The topological polar surface area (TPSA) is 37.8 Å². The summed E-state index contributed by atoms with van der Waals surface area (Å²) in [4.78, 5) is 8.92. The first kappa shape index (κ1) is 14.4. The first-order valence-electron chi connectivity index (χ1n) is 6.76. The minimum atomic E-state index is -0.238. The molecule has 20 heavy (non-hydrogen) atoms. The Morgan fingerprint density at radius 2 is 1.80 bits per heavy atom. The van der Waals surface area contributed by atoms with Crippen LogP contribution >= 0.6 is 0 Å². The zero-order valence-electron chi connectivity index (χ0n) is 12.6. The minimum absolute atomic E-state index is 0.191. The van der Waals surface area contributed by atoms with E-state index >= 15 is 0 Å². The van der Waals surface area contributed by atoms with Crippen molar-refractivity contribution in [2.45, 2.75) is 33.6 Å². The van der Waals surface area contributed by atoms with E-state index in [-0.39, 0.29) is 11.7 Å². The largest absolute Gasteiger partial charge is 0.373 e. The lowest BCUT2D eigenvalue weighted by Crippen LogP contribution is -2.04. The second-order valence-electron chi connectivity index (χ2n) is 5.34. The Bertz CT molecular complexity index is 613. The van der Waals surface area contributed by atoms with Gasteiger partial charge in [-0.25, -0.2) is 14.4 Å². The lowest BCUT2D eigenvalue weighted by atomic mass is 10.0. The van der Waals surface area contributed by atoms with Gasteiger partial charge in [0.25, 0.3) is 0 Å². The number of aryl methyl sites for hydroxylation is 2. The summed E-state index contributed by atoms with van der Waals surface area (Å²) < 4.78 is 14.3. The number of benzene rings is 1. The van der Waals surface area contributed by atoms with E-state index in [1.165, 1.54) is 0 Å². The van der Waals surface area contributed by atoms with E-state index in [9.17, 15) is 4.39 Å². The first-order valence-corrected chi connectivity index (χ1v) is 6.76. The highest BCUT2D eigenvalue weighted by Gasteiger charge is 2.14. The summed E-state index contributed by atoms with van der Waals surface area (Å²) in [5.41, 5.74) is 2.98. The summed E-state index contributed by atoms with van der Waals surface area (Å²) in [5, 5.41) is 3.01. The van der Waals surface area contributed by atoms with Crippen LogP contribution in [0, 0.1) is 19.7 Å². The molecule has 0 aliphatic rings. The summed E-state index contributed by atoms with van der Waals surface area (Å²) in [5.74, 6) is 1.37. The van der Waals surface area contributed by atoms with Gasteiger partial charge in [-0.15, -0.1) is 0 Å². The molecule has 1 heterocycles. The molecule has 3 nitrogen and oxygen atoms in total. The predicted molar refractivity (Wildman–Crippen MR) is 80.5 cm³/mol. The van der Waals surface area contributed by atoms with Gasteiger partial charge in [-0.1, -0.05) is 19.9 Å². The third kappa shape index (κ3) is 2.79. The molecular formula is C16H20FN3. The number of anilines is 1. The van der Waals surface area contributed by atoms with E-state index in [4.69, 9.17) is 0 Å². The Morgan fingerprint density at radius 1 is 1.10 bits per heavy atom. The van der Waals surface area contributed by atoms with Crippen LogP contribution in [0.1, 0.15) is 36.7 Å². The van der Waals surface area contributed by atoms with Crippen molar-refractivity contribution in [1.29, 1.82) is 0 Å².